The van der Waals surface area contributed by atoms with E-state index in [1.807, 2.05) is 65.0 Å². The number of carbonyl (C=O) groups excluding carboxylic acids is 5. The second kappa shape index (κ2) is 15.0. The molecule has 2 aliphatic rings. The van der Waals surface area contributed by atoms with Crippen molar-refractivity contribution in [3.63, 3.8) is 0 Å². The molecule has 3 atom stereocenters. The first-order valence-electron chi connectivity index (χ1n) is 15.0. The van der Waals surface area contributed by atoms with Gasteiger partial charge in [0.25, 0.3) is 0 Å². The maximum atomic E-state index is 13.8. The van der Waals surface area contributed by atoms with Crippen LogP contribution in [0.2, 0.25) is 0 Å². The highest BCUT2D eigenvalue weighted by Crippen LogP contribution is 2.22. The summed E-state index contributed by atoms with van der Waals surface area (Å²) in [5.74, 6) is -0.799. The zero-order valence-electron chi connectivity index (χ0n) is 25.6. The number of benzene rings is 1. The fraction of sp³-hybridized carbons (Fsp3) is 0.645. The minimum atomic E-state index is -0.863. The van der Waals surface area contributed by atoms with Crippen LogP contribution in [0.25, 0.3) is 0 Å². The molecule has 2 fully saturated rings. The molecule has 0 saturated carbocycles. The Morgan fingerprint density at radius 3 is 2.31 bits per heavy atom. The lowest BCUT2D eigenvalue weighted by Crippen LogP contribution is -2.56. The number of likely N-dealkylation sites (tertiary alicyclic amines) is 1. The molecule has 3 rings (SSSR count). The van der Waals surface area contributed by atoms with E-state index in [0.717, 1.165) is 5.56 Å². The van der Waals surface area contributed by atoms with Crippen LogP contribution in [-0.4, -0.2) is 83.4 Å². The number of hydrogen-bond donors (Lipinski definition) is 3. The summed E-state index contributed by atoms with van der Waals surface area (Å²) in [6, 6.07) is 7.40. The van der Waals surface area contributed by atoms with Gasteiger partial charge >= 0.3 is 12.1 Å². The Bertz CT molecular complexity index is 1080. The average Bonchev–Trinajstić information content (AvgIpc) is 3.34. The number of carbonyl (C=O) groups is 5. The minimum Gasteiger partial charge on any atom is -0.444 e. The molecule has 232 valence electrons. The second-order valence-electron chi connectivity index (χ2n) is 12.7. The van der Waals surface area contributed by atoms with Crippen LogP contribution in [-0.2, 0) is 25.7 Å². The van der Waals surface area contributed by atoms with Crippen molar-refractivity contribution in [3.05, 3.63) is 35.9 Å². The summed E-state index contributed by atoms with van der Waals surface area (Å²) in [4.78, 5) is 67.0. The fourth-order valence-electron chi connectivity index (χ4n) is 5.38. The third-order valence-electron chi connectivity index (χ3n) is 7.53. The number of hydrogen-bond acceptors (Lipinski definition) is 6. The van der Waals surface area contributed by atoms with E-state index in [1.165, 1.54) is 0 Å². The zero-order valence-corrected chi connectivity index (χ0v) is 25.6. The highest BCUT2D eigenvalue weighted by Gasteiger charge is 2.34. The van der Waals surface area contributed by atoms with Crippen molar-refractivity contribution in [2.45, 2.75) is 97.0 Å². The Hall–Kier alpha value is -3.63. The van der Waals surface area contributed by atoms with Crippen molar-refractivity contribution in [1.82, 2.24) is 25.8 Å². The van der Waals surface area contributed by atoms with Crippen molar-refractivity contribution in [2.75, 3.05) is 19.6 Å². The van der Waals surface area contributed by atoms with Crippen molar-refractivity contribution in [1.29, 1.82) is 0 Å². The largest absolute Gasteiger partial charge is 0.444 e. The lowest BCUT2D eigenvalue weighted by molar-refractivity contribution is -0.127. The number of rotatable bonds is 11. The monoisotopic (exact) mass is 585 g/mol. The SMILES string of the molecule is CC(C)CC(NC(=O)N(Cc1ccccc1)C1CCN(C(=O)OC(C)(C)C)CC1)C(=O)NC(C=O)CC1CCNC1=O. The standard InChI is InChI=1S/C31H47N5O6/c1-21(2)17-26(28(39)33-24(20-37)18-23-11-14-32-27(23)38)34-29(40)36(19-22-9-7-6-8-10-22)25-12-15-35(16-13-25)30(41)42-31(3,4)5/h6-10,20-21,23-26H,11-19H2,1-5H3,(H,32,38)(H,33,39)(H,34,40). The molecule has 2 heterocycles. The molecule has 5 amide bonds. The minimum absolute atomic E-state index is 0.0935. The van der Waals surface area contributed by atoms with E-state index in [2.05, 4.69) is 16.0 Å². The Balaban J connectivity index is 1.71. The molecular formula is C31H47N5O6. The maximum Gasteiger partial charge on any atom is 0.410 e. The smallest absolute Gasteiger partial charge is 0.410 e. The van der Waals surface area contributed by atoms with Gasteiger partial charge in [0, 0.05) is 38.1 Å². The molecule has 3 unspecified atom stereocenters. The first-order valence-corrected chi connectivity index (χ1v) is 15.0. The van der Waals surface area contributed by atoms with E-state index in [-0.39, 0.29) is 42.3 Å². The fourth-order valence-corrected chi connectivity index (χ4v) is 5.38. The van der Waals surface area contributed by atoms with Crippen molar-refractivity contribution in [2.24, 2.45) is 11.8 Å². The molecule has 1 aromatic rings. The number of nitrogens with zero attached hydrogens (tertiary/aromatic N) is 2. The van der Waals surface area contributed by atoms with Gasteiger partial charge in [-0.25, -0.2) is 9.59 Å². The molecule has 0 radical (unpaired) electrons. The van der Waals surface area contributed by atoms with Crippen molar-refractivity contribution >= 4 is 30.2 Å². The highest BCUT2D eigenvalue weighted by molar-refractivity contribution is 5.89. The van der Waals surface area contributed by atoms with Gasteiger partial charge in [-0.1, -0.05) is 44.2 Å². The van der Waals surface area contributed by atoms with Gasteiger partial charge in [0.15, 0.2) is 0 Å². The molecule has 42 heavy (non-hydrogen) atoms. The number of amides is 5. The van der Waals surface area contributed by atoms with Gasteiger partial charge in [-0.3, -0.25) is 9.59 Å². The van der Waals surface area contributed by atoms with Gasteiger partial charge < -0.3 is 35.3 Å². The van der Waals surface area contributed by atoms with E-state index >= 15 is 0 Å². The van der Waals surface area contributed by atoms with Crippen molar-refractivity contribution in [3.8, 4) is 0 Å². The third-order valence-corrected chi connectivity index (χ3v) is 7.53. The summed E-state index contributed by atoms with van der Waals surface area (Å²) in [6.45, 7) is 11.2. The molecule has 11 nitrogen and oxygen atoms in total. The normalized spacial score (nSPS) is 19.0. The molecule has 1 aromatic carbocycles. The number of piperidine rings is 1. The zero-order chi connectivity index (χ0) is 30.9. The predicted molar refractivity (Wildman–Crippen MR) is 158 cm³/mol. The Kier molecular flexibility index (Phi) is 11.8. The van der Waals surface area contributed by atoms with Crippen LogP contribution >= 0.6 is 0 Å². The van der Waals surface area contributed by atoms with E-state index in [1.54, 1.807) is 9.80 Å². The number of urea groups is 1. The average molecular weight is 586 g/mol. The van der Waals surface area contributed by atoms with E-state index in [4.69, 9.17) is 4.74 Å². The third kappa shape index (κ3) is 10.0. The first kappa shape index (κ1) is 32.9. The van der Waals surface area contributed by atoms with Crippen LogP contribution in [0.3, 0.4) is 0 Å². The number of ether oxygens (including phenoxy) is 1. The van der Waals surface area contributed by atoms with Gasteiger partial charge in [0.2, 0.25) is 11.8 Å². The van der Waals surface area contributed by atoms with Crippen LogP contribution in [0, 0.1) is 11.8 Å². The molecule has 0 aliphatic carbocycles. The van der Waals surface area contributed by atoms with E-state index < -0.39 is 23.6 Å². The van der Waals surface area contributed by atoms with E-state index in [0.29, 0.717) is 58.1 Å². The number of aldehydes is 1. The summed E-state index contributed by atoms with van der Waals surface area (Å²) < 4.78 is 5.52. The second-order valence-corrected chi connectivity index (χ2v) is 12.7. The van der Waals surface area contributed by atoms with Crippen LogP contribution in [0.15, 0.2) is 30.3 Å². The van der Waals surface area contributed by atoms with Crippen LogP contribution in [0.4, 0.5) is 9.59 Å². The van der Waals surface area contributed by atoms with Crippen molar-refractivity contribution < 1.29 is 28.7 Å². The molecule has 2 aliphatic heterocycles. The molecule has 3 N–H and O–H groups in total. The molecule has 11 heteroatoms. The molecule has 0 spiro atoms. The summed E-state index contributed by atoms with van der Waals surface area (Å²) in [5, 5.41) is 8.44. The van der Waals surface area contributed by atoms with Gasteiger partial charge in [0.1, 0.15) is 17.9 Å². The molecule has 0 bridgehead atoms. The first-order chi connectivity index (χ1) is 19.9. The summed E-state index contributed by atoms with van der Waals surface area (Å²) >= 11 is 0. The predicted octanol–water partition coefficient (Wildman–Crippen LogP) is 3.22. The van der Waals surface area contributed by atoms with Crippen LogP contribution in [0.1, 0.15) is 72.3 Å². The Morgan fingerprint density at radius 2 is 1.76 bits per heavy atom. The quantitative estimate of drug-likeness (QED) is 0.341. The van der Waals surface area contributed by atoms with Gasteiger partial charge in [-0.2, -0.15) is 0 Å². The lowest BCUT2D eigenvalue weighted by atomic mass is 9.98. The summed E-state index contributed by atoms with van der Waals surface area (Å²) in [5.41, 5.74) is 0.355. The Morgan fingerprint density at radius 1 is 1.10 bits per heavy atom. The molecule has 2 saturated heterocycles. The Labute approximate surface area is 249 Å². The highest BCUT2D eigenvalue weighted by atomic mass is 16.6. The summed E-state index contributed by atoms with van der Waals surface area (Å²) in [7, 11) is 0. The number of nitrogens with one attached hydrogen (secondary N) is 3. The van der Waals surface area contributed by atoms with E-state index in [9.17, 15) is 24.0 Å². The van der Waals surface area contributed by atoms with Gasteiger partial charge in [-0.05, 0) is 64.4 Å². The molecular weight excluding hydrogens is 538 g/mol. The van der Waals surface area contributed by atoms with Gasteiger partial charge in [0.05, 0.1) is 6.04 Å². The van der Waals surface area contributed by atoms with Crippen LogP contribution in [0.5, 0.6) is 0 Å². The maximum absolute atomic E-state index is 13.8. The molecule has 0 aromatic heterocycles. The summed E-state index contributed by atoms with van der Waals surface area (Å²) in [6.07, 6.45) is 2.63. The lowest BCUT2D eigenvalue weighted by Gasteiger charge is -2.39. The topological polar surface area (TPSA) is 137 Å². The van der Waals surface area contributed by atoms with Gasteiger partial charge in [-0.15, -0.1) is 0 Å². The van der Waals surface area contributed by atoms with Crippen LogP contribution < -0.4 is 16.0 Å².